The molecule has 0 aliphatic rings. The van der Waals surface area contributed by atoms with Gasteiger partial charge >= 0.3 is 0 Å². The average Bonchev–Trinajstić information content (AvgIpc) is 2.95. The Labute approximate surface area is 215 Å². The van der Waals surface area contributed by atoms with E-state index < -0.39 is 17.2 Å². The molecule has 4 aromatic rings. The molecule has 0 aliphatic heterocycles. The fourth-order valence-corrected chi connectivity index (χ4v) is 4.33. The summed E-state index contributed by atoms with van der Waals surface area (Å²) < 4.78 is 5.29. The van der Waals surface area contributed by atoms with Crippen LogP contribution >= 0.6 is 0 Å². The Kier molecular flexibility index (Phi) is 8.28. The summed E-state index contributed by atoms with van der Waals surface area (Å²) in [7, 11) is 1.56. The lowest BCUT2D eigenvalue weighted by Crippen LogP contribution is -2.37. The SMILES string of the molecule is COc1ccc(N(C(O)c2ccccc2)C(C(=O)CCc2ccccc2)c2cccc([N+](=O)[O-])c2)cc1. The summed E-state index contributed by atoms with van der Waals surface area (Å²) in [5, 5.41) is 23.2. The average molecular weight is 497 g/mol. The van der Waals surface area contributed by atoms with Gasteiger partial charge < -0.3 is 14.7 Å². The molecule has 0 aliphatic carbocycles. The molecule has 2 unspecified atom stereocenters. The van der Waals surface area contributed by atoms with Crippen molar-refractivity contribution in [3.63, 3.8) is 0 Å². The highest BCUT2D eigenvalue weighted by Crippen LogP contribution is 2.37. The van der Waals surface area contributed by atoms with Crippen molar-refractivity contribution in [1.82, 2.24) is 0 Å². The van der Waals surface area contributed by atoms with Crippen LogP contribution in [-0.2, 0) is 11.2 Å². The summed E-state index contributed by atoms with van der Waals surface area (Å²) in [6, 6.07) is 30.8. The minimum atomic E-state index is -1.19. The molecule has 7 nitrogen and oxygen atoms in total. The summed E-state index contributed by atoms with van der Waals surface area (Å²) in [5.74, 6) is 0.454. The van der Waals surface area contributed by atoms with E-state index in [2.05, 4.69) is 0 Å². The molecule has 0 amide bonds. The third kappa shape index (κ3) is 6.20. The fourth-order valence-electron chi connectivity index (χ4n) is 4.33. The molecule has 0 heterocycles. The van der Waals surface area contributed by atoms with Crippen LogP contribution in [-0.4, -0.2) is 22.9 Å². The van der Waals surface area contributed by atoms with Gasteiger partial charge in [0.25, 0.3) is 5.69 Å². The first-order valence-electron chi connectivity index (χ1n) is 11.9. The zero-order valence-corrected chi connectivity index (χ0v) is 20.4. The van der Waals surface area contributed by atoms with Crippen molar-refractivity contribution in [2.24, 2.45) is 0 Å². The summed E-state index contributed by atoms with van der Waals surface area (Å²) in [5.41, 5.74) is 2.47. The molecule has 0 saturated heterocycles. The van der Waals surface area contributed by atoms with Gasteiger partial charge in [-0.25, -0.2) is 0 Å². The Morgan fingerprint density at radius 1 is 0.892 bits per heavy atom. The van der Waals surface area contributed by atoms with E-state index in [0.717, 1.165) is 5.56 Å². The molecule has 4 rings (SSSR count). The number of hydrogen-bond acceptors (Lipinski definition) is 6. The highest BCUT2D eigenvalue weighted by atomic mass is 16.6. The van der Waals surface area contributed by atoms with Crippen molar-refractivity contribution >= 4 is 17.2 Å². The zero-order valence-electron chi connectivity index (χ0n) is 20.4. The minimum absolute atomic E-state index is 0.123. The van der Waals surface area contributed by atoms with Gasteiger partial charge in [0.2, 0.25) is 0 Å². The molecule has 0 aromatic heterocycles. The van der Waals surface area contributed by atoms with Crippen LogP contribution in [0.25, 0.3) is 0 Å². The van der Waals surface area contributed by atoms with Gasteiger partial charge in [-0.05, 0) is 41.8 Å². The second kappa shape index (κ2) is 12.0. The molecule has 7 heteroatoms. The van der Waals surface area contributed by atoms with Crippen LogP contribution in [0.15, 0.2) is 109 Å². The highest BCUT2D eigenvalue weighted by Gasteiger charge is 2.33. The molecule has 1 N–H and O–H groups in total. The Morgan fingerprint density at radius 2 is 1.51 bits per heavy atom. The maximum atomic E-state index is 13.9. The van der Waals surface area contributed by atoms with Crippen LogP contribution in [0.2, 0.25) is 0 Å². The standard InChI is InChI=1S/C30H28N2O5/c1-37-27-18-16-25(17-19-27)31(30(34)23-11-6-3-7-12-23)29(24-13-8-14-26(21-24)32(35)36)28(33)20-15-22-9-4-2-5-10-22/h2-14,16-19,21,29-30,34H,15,20H2,1H3. The third-order valence-electron chi connectivity index (χ3n) is 6.21. The second-order valence-electron chi connectivity index (χ2n) is 8.60. The van der Waals surface area contributed by atoms with Crippen molar-refractivity contribution in [2.75, 3.05) is 12.0 Å². The molecule has 2 atom stereocenters. The molecule has 188 valence electrons. The maximum Gasteiger partial charge on any atom is 0.269 e. The first-order chi connectivity index (χ1) is 18.0. The number of nitrogens with zero attached hydrogens (tertiary/aromatic N) is 2. The second-order valence-corrected chi connectivity index (χ2v) is 8.60. The van der Waals surface area contributed by atoms with Gasteiger partial charge in [0.05, 0.1) is 12.0 Å². The predicted octanol–water partition coefficient (Wildman–Crippen LogP) is 6.04. The molecule has 0 saturated carbocycles. The topological polar surface area (TPSA) is 92.9 Å². The van der Waals surface area contributed by atoms with Crippen LogP contribution < -0.4 is 9.64 Å². The molecule has 0 radical (unpaired) electrons. The molecular weight excluding hydrogens is 468 g/mol. The van der Waals surface area contributed by atoms with E-state index >= 15 is 0 Å². The molecular formula is C30H28N2O5. The van der Waals surface area contributed by atoms with Crippen molar-refractivity contribution in [2.45, 2.75) is 25.1 Å². The Bertz CT molecular complexity index is 1330. The lowest BCUT2D eigenvalue weighted by molar-refractivity contribution is -0.384. The summed E-state index contributed by atoms with van der Waals surface area (Å²) >= 11 is 0. The van der Waals surface area contributed by atoms with Crippen molar-refractivity contribution in [3.05, 3.63) is 136 Å². The Morgan fingerprint density at radius 3 is 2.14 bits per heavy atom. The fraction of sp³-hybridized carbons (Fsp3) is 0.167. The largest absolute Gasteiger partial charge is 0.497 e. The van der Waals surface area contributed by atoms with E-state index in [9.17, 15) is 20.0 Å². The smallest absolute Gasteiger partial charge is 0.269 e. The van der Waals surface area contributed by atoms with E-state index in [1.807, 2.05) is 48.5 Å². The van der Waals surface area contributed by atoms with Gasteiger partial charge in [-0.1, -0.05) is 72.8 Å². The summed E-state index contributed by atoms with van der Waals surface area (Å²) in [4.78, 5) is 26.6. The quantitative estimate of drug-likeness (QED) is 0.154. The number of rotatable bonds is 11. The molecule has 0 spiro atoms. The number of nitro groups is 1. The maximum absolute atomic E-state index is 13.9. The van der Waals surface area contributed by atoms with Gasteiger partial charge in [0, 0.05) is 29.8 Å². The molecule has 37 heavy (non-hydrogen) atoms. The van der Waals surface area contributed by atoms with Gasteiger partial charge in [-0.3, -0.25) is 14.9 Å². The lowest BCUT2D eigenvalue weighted by Gasteiger charge is -2.37. The number of methoxy groups -OCH3 is 1. The number of non-ortho nitro benzene ring substituents is 1. The predicted molar refractivity (Wildman–Crippen MR) is 142 cm³/mol. The van der Waals surface area contributed by atoms with Crippen LogP contribution in [0.1, 0.15) is 35.4 Å². The molecule has 4 aromatic carbocycles. The van der Waals surface area contributed by atoms with Crippen LogP contribution in [0, 0.1) is 10.1 Å². The number of Topliss-reactive ketones (excluding diaryl/α,β-unsaturated/α-hetero) is 1. The zero-order chi connectivity index (χ0) is 26.2. The number of benzene rings is 4. The molecule has 0 fully saturated rings. The van der Waals surface area contributed by atoms with E-state index in [0.29, 0.717) is 29.0 Å². The molecule has 0 bridgehead atoms. The number of ketones is 1. The third-order valence-corrected chi connectivity index (χ3v) is 6.21. The van der Waals surface area contributed by atoms with E-state index in [-0.39, 0.29) is 17.9 Å². The van der Waals surface area contributed by atoms with E-state index in [1.165, 1.54) is 12.1 Å². The number of carbonyl (C=O) groups excluding carboxylic acids is 1. The lowest BCUT2D eigenvalue weighted by atomic mass is 9.94. The Hall–Kier alpha value is -4.49. The first-order valence-corrected chi connectivity index (χ1v) is 11.9. The number of aliphatic hydroxyl groups is 1. The first kappa shape index (κ1) is 25.6. The van der Waals surface area contributed by atoms with E-state index in [1.54, 1.807) is 60.5 Å². The van der Waals surface area contributed by atoms with Crippen molar-refractivity contribution in [3.8, 4) is 5.75 Å². The normalized spacial score (nSPS) is 12.4. The number of aliphatic hydroxyl groups excluding tert-OH is 1. The van der Waals surface area contributed by atoms with Gasteiger partial charge in [-0.2, -0.15) is 0 Å². The van der Waals surface area contributed by atoms with Crippen molar-refractivity contribution in [1.29, 1.82) is 0 Å². The van der Waals surface area contributed by atoms with Crippen molar-refractivity contribution < 1.29 is 19.6 Å². The minimum Gasteiger partial charge on any atom is -0.497 e. The van der Waals surface area contributed by atoms with Crippen LogP contribution in [0.4, 0.5) is 11.4 Å². The number of hydrogen-bond donors (Lipinski definition) is 1. The number of anilines is 1. The van der Waals surface area contributed by atoms with Crippen LogP contribution in [0.3, 0.4) is 0 Å². The van der Waals surface area contributed by atoms with Gasteiger partial charge in [0.15, 0.2) is 12.0 Å². The van der Waals surface area contributed by atoms with E-state index in [4.69, 9.17) is 4.74 Å². The summed E-state index contributed by atoms with van der Waals surface area (Å²) in [6.45, 7) is 0. The number of aryl methyl sites for hydroxylation is 1. The highest BCUT2D eigenvalue weighted by molar-refractivity contribution is 5.89. The monoisotopic (exact) mass is 496 g/mol. The number of nitro benzene ring substituents is 1. The number of carbonyl (C=O) groups is 1. The Balaban J connectivity index is 1.82. The van der Waals surface area contributed by atoms with Gasteiger partial charge in [-0.15, -0.1) is 0 Å². The summed E-state index contributed by atoms with van der Waals surface area (Å²) in [6.07, 6.45) is -0.506. The number of ether oxygens (including phenoxy) is 1. The van der Waals surface area contributed by atoms with Gasteiger partial charge in [0.1, 0.15) is 11.8 Å². The van der Waals surface area contributed by atoms with Crippen LogP contribution in [0.5, 0.6) is 5.75 Å².